The van der Waals surface area contributed by atoms with Crippen LogP contribution in [-0.2, 0) is 6.42 Å². The molecule has 106 valence electrons. The molecule has 0 radical (unpaired) electrons. The SMILES string of the molecule is Cc1cc(C)cc(CC(N)CSc2ccccc2C)c1. The van der Waals surface area contributed by atoms with Gasteiger partial charge in [-0.2, -0.15) is 0 Å². The van der Waals surface area contributed by atoms with Gasteiger partial charge in [-0.3, -0.25) is 0 Å². The van der Waals surface area contributed by atoms with Gasteiger partial charge in [0.15, 0.2) is 0 Å². The van der Waals surface area contributed by atoms with E-state index in [1.165, 1.54) is 27.1 Å². The molecule has 0 bridgehead atoms. The van der Waals surface area contributed by atoms with Gasteiger partial charge >= 0.3 is 0 Å². The highest BCUT2D eigenvalue weighted by atomic mass is 32.2. The first-order valence-electron chi connectivity index (χ1n) is 7.06. The maximum Gasteiger partial charge on any atom is 0.0174 e. The third-order valence-electron chi connectivity index (χ3n) is 3.33. The smallest absolute Gasteiger partial charge is 0.0174 e. The zero-order chi connectivity index (χ0) is 14.5. The minimum atomic E-state index is 0.195. The predicted molar refractivity (Wildman–Crippen MR) is 89.5 cm³/mol. The van der Waals surface area contributed by atoms with Crippen molar-refractivity contribution in [1.29, 1.82) is 0 Å². The molecule has 0 fully saturated rings. The lowest BCUT2D eigenvalue weighted by atomic mass is 10.0. The van der Waals surface area contributed by atoms with Crippen molar-refractivity contribution in [3.05, 3.63) is 64.7 Å². The molecule has 0 amide bonds. The molecule has 2 heteroatoms. The van der Waals surface area contributed by atoms with E-state index in [0.717, 1.165) is 12.2 Å². The minimum absolute atomic E-state index is 0.195. The van der Waals surface area contributed by atoms with Crippen LogP contribution in [0.4, 0.5) is 0 Å². The lowest BCUT2D eigenvalue weighted by Gasteiger charge is -2.13. The van der Waals surface area contributed by atoms with Crippen molar-refractivity contribution in [2.45, 2.75) is 38.1 Å². The first-order valence-corrected chi connectivity index (χ1v) is 8.04. The van der Waals surface area contributed by atoms with Crippen LogP contribution in [0.15, 0.2) is 47.4 Å². The van der Waals surface area contributed by atoms with Crippen LogP contribution < -0.4 is 5.73 Å². The summed E-state index contributed by atoms with van der Waals surface area (Å²) in [6.45, 7) is 6.44. The Bertz CT molecular complexity index is 557. The van der Waals surface area contributed by atoms with Gasteiger partial charge in [-0.15, -0.1) is 11.8 Å². The van der Waals surface area contributed by atoms with Crippen molar-refractivity contribution in [3.63, 3.8) is 0 Å². The van der Waals surface area contributed by atoms with E-state index >= 15 is 0 Å². The number of hydrogen-bond acceptors (Lipinski definition) is 2. The van der Waals surface area contributed by atoms with Gasteiger partial charge in [0.25, 0.3) is 0 Å². The summed E-state index contributed by atoms with van der Waals surface area (Å²) in [5.41, 5.74) is 11.6. The van der Waals surface area contributed by atoms with E-state index in [-0.39, 0.29) is 6.04 Å². The van der Waals surface area contributed by atoms with Gasteiger partial charge in [0, 0.05) is 16.7 Å². The summed E-state index contributed by atoms with van der Waals surface area (Å²) in [6.07, 6.45) is 0.946. The topological polar surface area (TPSA) is 26.0 Å². The van der Waals surface area contributed by atoms with Crippen molar-refractivity contribution in [1.82, 2.24) is 0 Å². The molecule has 2 aromatic carbocycles. The quantitative estimate of drug-likeness (QED) is 0.830. The van der Waals surface area contributed by atoms with E-state index in [4.69, 9.17) is 5.73 Å². The fourth-order valence-corrected chi connectivity index (χ4v) is 3.45. The number of thioether (sulfide) groups is 1. The zero-order valence-electron chi connectivity index (χ0n) is 12.5. The Labute approximate surface area is 126 Å². The fraction of sp³-hybridized carbons (Fsp3) is 0.333. The van der Waals surface area contributed by atoms with Crippen molar-refractivity contribution in [2.75, 3.05) is 5.75 Å². The molecule has 0 saturated carbocycles. The van der Waals surface area contributed by atoms with Crippen LogP contribution in [0.1, 0.15) is 22.3 Å². The van der Waals surface area contributed by atoms with Crippen molar-refractivity contribution < 1.29 is 0 Å². The van der Waals surface area contributed by atoms with E-state index < -0.39 is 0 Å². The number of benzene rings is 2. The van der Waals surface area contributed by atoms with Crippen LogP contribution in [0.3, 0.4) is 0 Å². The average molecular weight is 285 g/mol. The van der Waals surface area contributed by atoms with Crippen LogP contribution >= 0.6 is 11.8 Å². The highest BCUT2D eigenvalue weighted by Crippen LogP contribution is 2.23. The molecule has 2 rings (SSSR count). The molecule has 0 aliphatic heterocycles. The molecule has 0 spiro atoms. The van der Waals surface area contributed by atoms with E-state index in [9.17, 15) is 0 Å². The summed E-state index contributed by atoms with van der Waals surface area (Å²) in [6, 6.07) is 15.4. The number of hydrogen-bond donors (Lipinski definition) is 1. The third kappa shape index (κ3) is 4.39. The molecule has 0 heterocycles. The Morgan fingerprint density at radius 1 is 1.00 bits per heavy atom. The number of nitrogens with two attached hydrogens (primary N) is 1. The van der Waals surface area contributed by atoms with Crippen LogP contribution in [0, 0.1) is 20.8 Å². The second-order valence-corrected chi connectivity index (χ2v) is 6.60. The Balaban J connectivity index is 1.92. The summed E-state index contributed by atoms with van der Waals surface area (Å²) >= 11 is 1.86. The first-order chi connectivity index (χ1) is 9.54. The van der Waals surface area contributed by atoms with Crippen LogP contribution in [0.5, 0.6) is 0 Å². The summed E-state index contributed by atoms with van der Waals surface area (Å²) in [4.78, 5) is 1.34. The van der Waals surface area contributed by atoms with Crippen molar-refractivity contribution >= 4 is 11.8 Å². The summed E-state index contributed by atoms with van der Waals surface area (Å²) in [5.74, 6) is 0.956. The normalized spacial score (nSPS) is 12.4. The monoisotopic (exact) mass is 285 g/mol. The van der Waals surface area contributed by atoms with Gasteiger partial charge in [-0.25, -0.2) is 0 Å². The summed E-state index contributed by atoms with van der Waals surface area (Å²) in [5, 5.41) is 0. The molecule has 2 N–H and O–H groups in total. The second-order valence-electron chi connectivity index (χ2n) is 5.54. The zero-order valence-corrected chi connectivity index (χ0v) is 13.3. The summed E-state index contributed by atoms with van der Waals surface area (Å²) < 4.78 is 0. The van der Waals surface area contributed by atoms with Crippen LogP contribution in [-0.4, -0.2) is 11.8 Å². The predicted octanol–water partition coefficient (Wildman–Crippen LogP) is 4.27. The largest absolute Gasteiger partial charge is 0.327 e. The minimum Gasteiger partial charge on any atom is -0.327 e. The van der Waals surface area contributed by atoms with Gasteiger partial charge in [-0.05, 0) is 44.4 Å². The fourth-order valence-electron chi connectivity index (χ4n) is 2.46. The molecule has 1 nitrogen and oxygen atoms in total. The van der Waals surface area contributed by atoms with Crippen molar-refractivity contribution in [3.8, 4) is 0 Å². The number of aryl methyl sites for hydroxylation is 3. The van der Waals surface area contributed by atoms with Crippen LogP contribution in [0.25, 0.3) is 0 Å². The highest BCUT2D eigenvalue weighted by Gasteiger charge is 2.07. The Hall–Kier alpha value is -1.25. The molecular formula is C18H23NS. The number of rotatable bonds is 5. The Morgan fingerprint density at radius 2 is 1.65 bits per heavy atom. The van der Waals surface area contributed by atoms with E-state index in [2.05, 4.69) is 63.2 Å². The molecule has 0 aromatic heterocycles. The van der Waals surface area contributed by atoms with Gasteiger partial charge in [0.2, 0.25) is 0 Å². The standard InChI is InChI=1S/C18H23NS/c1-13-8-14(2)10-16(9-13)11-17(19)12-20-18-7-5-4-6-15(18)3/h4-10,17H,11-12,19H2,1-3H3. The van der Waals surface area contributed by atoms with Crippen molar-refractivity contribution in [2.24, 2.45) is 5.73 Å². The summed E-state index contributed by atoms with van der Waals surface area (Å²) in [7, 11) is 0. The van der Waals surface area contributed by atoms with Crippen LogP contribution in [0.2, 0.25) is 0 Å². The molecule has 2 aromatic rings. The molecule has 0 saturated heterocycles. The van der Waals surface area contributed by atoms with Gasteiger partial charge in [-0.1, -0.05) is 47.5 Å². The molecular weight excluding hydrogens is 262 g/mol. The maximum atomic E-state index is 6.28. The lowest BCUT2D eigenvalue weighted by molar-refractivity contribution is 0.747. The van der Waals surface area contributed by atoms with Gasteiger partial charge < -0.3 is 5.73 Å². The van der Waals surface area contributed by atoms with E-state index in [1.54, 1.807) is 0 Å². The molecule has 1 unspecified atom stereocenters. The average Bonchev–Trinajstić information content (AvgIpc) is 2.36. The highest BCUT2D eigenvalue weighted by molar-refractivity contribution is 7.99. The molecule has 20 heavy (non-hydrogen) atoms. The van der Waals surface area contributed by atoms with Gasteiger partial charge in [0.05, 0.1) is 0 Å². The molecule has 0 aliphatic carbocycles. The van der Waals surface area contributed by atoms with E-state index in [0.29, 0.717) is 0 Å². The molecule has 0 aliphatic rings. The third-order valence-corrected chi connectivity index (χ3v) is 4.69. The second kappa shape index (κ2) is 6.96. The lowest BCUT2D eigenvalue weighted by Crippen LogP contribution is -2.25. The van der Waals surface area contributed by atoms with Gasteiger partial charge in [0.1, 0.15) is 0 Å². The molecule has 1 atom stereocenters. The Morgan fingerprint density at radius 3 is 2.30 bits per heavy atom. The van der Waals surface area contributed by atoms with E-state index in [1.807, 2.05) is 11.8 Å². The Kier molecular flexibility index (Phi) is 5.27. The first kappa shape index (κ1) is 15.1. The maximum absolute atomic E-state index is 6.28.